The predicted molar refractivity (Wildman–Crippen MR) is 111 cm³/mol. The molecule has 27 heavy (non-hydrogen) atoms. The second-order valence-electron chi connectivity index (χ2n) is 5.85. The smallest absolute Gasteiger partial charge is 0.216 e. The van der Waals surface area contributed by atoms with Gasteiger partial charge in [-0.1, -0.05) is 35.3 Å². The van der Waals surface area contributed by atoms with E-state index < -0.39 is 9.84 Å². The van der Waals surface area contributed by atoms with Gasteiger partial charge in [-0.3, -0.25) is 0 Å². The normalized spacial score (nSPS) is 11.8. The molecule has 0 saturated carbocycles. The molecule has 0 saturated heterocycles. The molecular weight excluding hydrogens is 423 g/mol. The zero-order valence-electron chi connectivity index (χ0n) is 13.7. The van der Waals surface area contributed by atoms with Crippen LogP contribution in [0.2, 0.25) is 10.0 Å². The molecule has 0 atom stereocenters. The highest BCUT2D eigenvalue weighted by atomic mass is 35.5. The summed E-state index contributed by atoms with van der Waals surface area (Å²) >= 11 is 13.0. The van der Waals surface area contributed by atoms with Gasteiger partial charge in [-0.15, -0.1) is 11.3 Å². The molecule has 0 amide bonds. The van der Waals surface area contributed by atoms with Crippen LogP contribution in [0.5, 0.6) is 0 Å². The highest BCUT2D eigenvalue weighted by Gasteiger charge is 2.27. The van der Waals surface area contributed by atoms with Crippen molar-refractivity contribution in [3.8, 4) is 11.1 Å². The van der Waals surface area contributed by atoms with E-state index in [1.165, 1.54) is 18.3 Å². The highest BCUT2D eigenvalue weighted by Crippen LogP contribution is 2.43. The van der Waals surface area contributed by atoms with Crippen molar-refractivity contribution < 1.29 is 8.42 Å². The van der Waals surface area contributed by atoms with Gasteiger partial charge >= 0.3 is 0 Å². The van der Waals surface area contributed by atoms with Crippen LogP contribution in [0.25, 0.3) is 21.3 Å². The van der Waals surface area contributed by atoms with E-state index in [0.29, 0.717) is 31.5 Å². The Balaban J connectivity index is 2.04. The predicted octanol–water partition coefficient (Wildman–Crippen LogP) is 5.69. The summed E-state index contributed by atoms with van der Waals surface area (Å²) in [6.07, 6.45) is 1.52. The van der Waals surface area contributed by atoms with Crippen molar-refractivity contribution in [2.75, 3.05) is 5.73 Å². The zero-order valence-corrected chi connectivity index (χ0v) is 16.8. The number of hydrogen-bond acceptors (Lipinski definition) is 5. The second kappa shape index (κ2) is 6.80. The molecule has 2 heterocycles. The first kappa shape index (κ1) is 18.3. The summed E-state index contributed by atoms with van der Waals surface area (Å²) in [6.45, 7) is 0. The minimum absolute atomic E-state index is 0.168. The molecule has 0 spiro atoms. The Morgan fingerprint density at radius 3 is 2.15 bits per heavy atom. The number of pyridine rings is 1. The van der Waals surface area contributed by atoms with E-state index in [2.05, 4.69) is 4.98 Å². The molecular formula is C19H12Cl2N2O2S2. The standard InChI is InChI=1S/C19H12Cl2N2O2S2/c20-12-3-1-11(2-4-12)17-16-9-14(22)10-23-18(16)26-19(17)27(24,25)15-7-5-13(21)6-8-15/h1-10H,22H2. The number of aromatic nitrogens is 1. The Bertz CT molecular complexity index is 1250. The van der Waals surface area contributed by atoms with Crippen LogP contribution in [0.3, 0.4) is 0 Å². The number of nitrogen functional groups attached to an aromatic ring is 1. The fraction of sp³-hybridized carbons (Fsp3) is 0. The average Bonchev–Trinajstić information content (AvgIpc) is 3.02. The van der Waals surface area contributed by atoms with Crippen LogP contribution in [-0.2, 0) is 9.84 Å². The van der Waals surface area contributed by atoms with E-state index in [9.17, 15) is 8.42 Å². The molecule has 2 aromatic heterocycles. The van der Waals surface area contributed by atoms with Gasteiger partial charge in [0, 0.05) is 21.0 Å². The summed E-state index contributed by atoms with van der Waals surface area (Å²) in [4.78, 5) is 5.08. The quantitative estimate of drug-likeness (QED) is 0.449. The summed E-state index contributed by atoms with van der Waals surface area (Å²) in [6, 6.07) is 14.9. The maximum atomic E-state index is 13.3. The molecule has 8 heteroatoms. The lowest BCUT2D eigenvalue weighted by Gasteiger charge is -2.07. The number of fused-ring (bicyclic) bond motifs is 1. The van der Waals surface area contributed by atoms with Gasteiger partial charge in [-0.05, 0) is 48.0 Å². The number of sulfone groups is 1. The number of rotatable bonds is 3. The van der Waals surface area contributed by atoms with E-state index >= 15 is 0 Å². The van der Waals surface area contributed by atoms with Crippen molar-refractivity contribution in [2.24, 2.45) is 0 Å². The Labute approximate surface area is 170 Å². The van der Waals surface area contributed by atoms with Crippen LogP contribution in [0.1, 0.15) is 0 Å². The summed E-state index contributed by atoms with van der Waals surface area (Å²) < 4.78 is 26.9. The van der Waals surface area contributed by atoms with Crippen molar-refractivity contribution in [3.05, 3.63) is 70.8 Å². The van der Waals surface area contributed by atoms with E-state index in [0.717, 1.165) is 16.9 Å². The lowest BCUT2D eigenvalue weighted by atomic mass is 10.1. The molecule has 0 bridgehead atoms. The zero-order chi connectivity index (χ0) is 19.2. The number of hydrogen-bond donors (Lipinski definition) is 1. The van der Waals surface area contributed by atoms with Crippen molar-refractivity contribution in [3.63, 3.8) is 0 Å². The molecule has 0 aliphatic heterocycles. The molecule has 0 aliphatic carbocycles. The van der Waals surface area contributed by atoms with Gasteiger partial charge in [0.1, 0.15) is 9.04 Å². The van der Waals surface area contributed by atoms with Gasteiger partial charge in [0.2, 0.25) is 9.84 Å². The number of benzene rings is 2. The number of halogens is 2. The monoisotopic (exact) mass is 434 g/mol. The number of anilines is 1. The third-order valence-electron chi connectivity index (χ3n) is 4.04. The van der Waals surface area contributed by atoms with Crippen LogP contribution in [0.15, 0.2) is 69.9 Å². The van der Waals surface area contributed by atoms with Crippen LogP contribution < -0.4 is 5.73 Å². The SMILES string of the molecule is Nc1cnc2sc(S(=O)(=O)c3ccc(Cl)cc3)c(-c3ccc(Cl)cc3)c2c1. The van der Waals surface area contributed by atoms with Crippen molar-refractivity contribution in [1.82, 2.24) is 4.98 Å². The largest absolute Gasteiger partial charge is 0.397 e. The van der Waals surface area contributed by atoms with Crippen molar-refractivity contribution in [1.29, 1.82) is 0 Å². The maximum Gasteiger partial charge on any atom is 0.216 e. The molecule has 2 N–H and O–H groups in total. The van der Waals surface area contributed by atoms with Gasteiger partial charge in [-0.2, -0.15) is 0 Å². The fourth-order valence-electron chi connectivity index (χ4n) is 2.78. The topological polar surface area (TPSA) is 73.0 Å². The number of thiophene rings is 1. The summed E-state index contributed by atoms with van der Waals surface area (Å²) in [5, 5.41) is 1.73. The van der Waals surface area contributed by atoms with E-state index in [1.807, 2.05) is 0 Å². The Morgan fingerprint density at radius 2 is 1.52 bits per heavy atom. The van der Waals surface area contributed by atoms with Gasteiger partial charge in [0.25, 0.3) is 0 Å². The van der Waals surface area contributed by atoms with E-state index in [-0.39, 0.29) is 9.10 Å². The first-order valence-electron chi connectivity index (χ1n) is 7.81. The highest BCUT2D eigenvalue weighted by molar-refractivity contribution is 7.93. The van der Waals surface area contributed by atoms with E-state index in [1.54, 1.807) is 42.5 Å². The summed E-state index contributed by atoms with van der Waals surface area (Å²) in [7, 11) is -3.77. The third kappa shape index (κ3) is 3.30. The average molecular weight is 435 g/mol. The molecule has 136 valence electrons. The second-order valence-corrected chi connectivity index (χ2v) is 9.87. The molecule has 4 aromatic rings. The molecule has 0 aliphatic rings. The van der Waals surface area contributed by atoms with Crippen LogP contribution in [0, 0.1) is 0 Å². The minimum atomic E-state index is -3.77. The molecule has 2 aromatic carbocycles. The summed E-state index contributed by atoms with van der Waals surface area (Å²) in [5.41, 5.74) is 7.66. The fourth-order valence-corrected chi connectivity index (χ4v) is 6.08. The summed E-state index contributed by atoms with van der Waals surface area (Å²) in [5.74, 6) is 0. The molecule has 0 radical (unpaired) electrons. The number of nitrogens with zero attached hydrogens (tertiary/aromatic N) is 1. The third-order valence-corrected chi connectivity index (χ3v) is 7.94. The Kier molecular flexibility index (Phi) is 4.60. The molecule has 0 unspecified atom stereocenters. The van der Waals surface area contributed by atoms with Crippen molar-refractivity contribution >= 4 is 60.3 Å². The first-order chi connectivity index (χ1) is 12.9. The van der Waals surface area contributed by atoms with Gasteiger partial charge < -0.3 is 5.73 Å². The van der Waals surface area contributed by atoms with Crippen LogP contribution >= 0.6 is 34.5 Å². The lowest BCUT2D eigenvalue weighted by molar-refractivity contribution is 0.598. The van der Waals surface area contributed by atoms with Gasteiger partial charge in [-0.25, -0.2) is 13.4 Å². The number of nitrogens with two attached hydrogens (primary N) is 1. The Hall–Kier alpha value is -2.12. The maximum absolute atomic E-state index is 13.3. The molecule has 0 fully saturated rings. The first-order valence-corrected chi connectivity index (χ1v) is 10.9. The molecule has 4 rings (SSSR count). The Morgan fingerprint density at radius 1 is 0.926 bits per heavy atom. The van der Waals surface area contributed by atoms with Gasteiger partial charge in [0.05, 0.1) is 16.8 Å². The van der Waals surface area contributed by atoms with Crippen LogP contribution in [-0.4, -0.2) is 13.4 Å². The minimum Gasteiger partial charge on any atom is -0.397 e. The van der Waals surface area contributed by atoms with Crippen molar-refractivity contribution in [2.45, 2.75) is 9.10 Å². The van der Waals surface area contributed by atoms with E-state index in [4.69, 9.17) is 28.9 Å². The lowest BCUT2D eigenvalue weighted by Crippen LogP contribution is -2.01. The molecule has 4 nitrogen and oxygen atoms in total. The van der Waals surface area contributed by atoms with Gasteiger partial charge in [0.15, 0.2) is 0 Å². The van der Waals surface area contributed by atoms with Crippen LogP contribution in [0.4, 0.5) is 5.69 Å².